The maximum absolute atomic E-state index is 12.3. The molecule has 0 unspecified atom stereocenters. The van der Waals surface area contributed by atoms with E-state index in [0.717, 1.165) is 11.1 Å². The highest BCUT2D eigenvalue weighted by Crippen LogP contribution is 2.23. The normalized spacial score (nSPS) is 13.1. The fourth-order valence-corrected chi connectivity index (χ4v) is 2.00. The van der Waals surface area contributed by atoms with Gasteiger partial charge in [0.15, 0.2) is 12.1 Å². The van der Waals surface area contributed by atoms with Crippen LogP contribution in [-0.4, -0.2) is 5.91 Å². The predicted octanol–water partition coefficient (Wildman–Crippen LogP) is 1.92. The third-order valence-corrected chi connectivity index (χ3v) is 2.93. The molecule has 0 aliphatic carbocycles. The van der Waals surface area contributed by atoms with E-state index in [2.05, 4.69) is 16.3 Å². The molecule has 100 valence electrons. The minimum atomic E-state index is -0.199. The van der Waals surface area contributed by atoms with E-state index in [9.17, 15) is 4.79 Å². The zero-order chi connectivity index (χ0) is 13.8. The summed E-state index contributed by atoms with van der Waals surface area (Å²) in [5.74, 6) is 0.272. The van der Waals surface area contributed by atoms with Crippen LogP contribution in [0.2, 0.25) is 0 Å². The van der Waals surface area contributed by atoms with Crippen LogP contribution >= 0.6 is 0 Å². The molecule has 0 saturated heterocycles. The van der Waals surface area contributed by atoms with Gasteiger partial charge in [-0.1, -0.05) is 54.1 Å². The molecule has 2 aromatic carbocycles. The second kappa shape index (κ2) is 5.46. The van der Waals surface area contributed by atoms with Crippen molar-refractivity contribution in [3.8, 4) is 11.1 Å². The molecule has 1 aliphatic heterocycles. The van der Waals surface area contributed by atoms with Crippen LogP contribution in [0.25, 0.3) is 11.1 Å². The summed E-state index contributed by atoms with van der Waals surface area (Å²) in [6, 6.07) is 17.3. The van der Waals surface area contributed by atoms with Crippen LogP contribution in [0, 0.1) is 0 Å². The molecular weight excluding hydrogens is 254 g/mol. The number of benzene rings is 2. The number of carbonyl (C=O) groups excluding carboxylic acids is 1. The number of amides is 1. The highest BCUT2D eigenvalue weighted by Gasteiger charge is 2.14. The summed E-state index contributed by atoms with van der Waals surface area (Å²) in [5.41, 5.74) is 7.58. The zero-order valence-corrected chi connectivity index (χ0v) is 10.6. The summed E-state index contributed by atoms with van der Waals surface area (Å²) in [5, 5.41) is 2.73. The molecule has 3 rings (SSSR count). The van der Waals surface area contributed by atoms with E-state index in [4.69, 9.17) is 4.84 Å². The number of nitrogens with one attached hydrogen (secondary N) is 3. The summed E-state index contributed by atoms with van der Waals surface area (Å²) in [6.07, 6.45) is 1.39. The van der Waals surface area contributed by atoms with Crippen LogP contribution in [0.1, 0.15) is 10.4 Å². The Labute approximate surface area is 116 Å². The summed E-state index contributed by atoms with van der Waals surface area (Å²) in [7, 11) is 0. The van der Waals surface area contributed by atoms with Crippen LogP contribution < -0.4 is 16.3 Å². The van der Waals surface area contributed by atoms with Crippen LogP contribution in [-0.2, 0) is 4.84 Å². The summed E-state index contributed by atoms with van der Waals surface area (Å²) < 4.78 is 0. The Hall–Kier alpha value is -2.79. The van der Waals surface area contributed by atoms with E-state index in [1.165, 1.54) is 6.26 Å². The van der Waals surface area contributed by atoms with Crippen LogP contribution in [0.4, 0.5) is 0 Å². The molecule has 5 nitrogen and oxygen atoms in total. The van der Waals surface area contributed by atoms with Crippen molar-refractivity contribution in [2.45, 2.75) is 0 Å². The van der Waals surface area contributed by atoms with Crippen molar-refractivity contribution >= 4 is 5.91 Å². The lowest BCUT2D eigenvalue weighted by Crippen LogP contribution is -2.33. The average Bonchev–Trinajstić information content (AvgIpc) is 3.01. The Balaban J connectivity index is 1.91. The lowest BCUT2D eigenvalue weighted by atomic mass is 9.99. The predicted molar refractivity (Wildman–Crippen MR) is 74.8 cm³/mol. The number of hydrogen-bond acceptors (Lipinski definition) is 4. The zero-order valence-electron chi connectivity index (χ0n) is 10.6. The first kappa shape index (κ1) is 12.3. The van der Waals surface area contributed by atoms with Gasteiger partial charge < -0.3 is 10.2 Å². The first-order valence-corrected chi connectivity index (χ1v) is 6.17. The topological polar surface area (TPSA) is 62.4 Å². The van der Waals surface area contributed by atoms with E-state index >= 15 is 0 Å². The van der Waals surface area contributed by atoms with Gasteiger partial charge in [0.05, 0.1) is 0 Å². The van der Waals surface area contributed by atoms with Gasteiger partial charge in [0.2, 0.25) is 0 Å². The van der Waals surface area contributed by atoms with Gasteiger partial charge in [-0.05, 0) is 17.2 Å². The van der Waals surface area contributed by atoms with E-state index in [1.807, 2.05) is 48.5 Å². The molecule has 1 heterocycles. The minimum absolute atomic E-state index is 0.199. The van der Waals surface area contributed by atoms with E-state index < -0.39 is 0 Å². The van der Waals surface area contributed by atoms with E-state index in [1.54, 1.807) is 6.07 Å². The monoisotopic (exact) mass is 267 g/mol. The Morgan fingerprint density at radius 3 is 2.50 bits per heavy atom. The van der Waals surface area contributed by atoms with Gasteiger partial charge in [-0.25, -0.2) is 0 Å². The minimum Gasteiger partial charge on any atom is -0.393 e. The van der Waals surface area contributed by atoms with Gasteiger partial charge in [0.1, 0.15) is 0 Å². The van der Waals surface area contributed by atoms with Crippen LogP contribution in [0.5, 0.6) is 0 Å². The standard InChI is InChI=1S/C15H13N3O2/c19-15(16-14-10-20-18-17-14)13-9-5-4-8-12(13)11-6-2-1-3-7-11/h1-10,17-18H,(H,16,19). The molecule has 0 radical (unpaired) electrons. The van der Waals surface area contributed by atoms with Crippen molar-refractivity contribution in [1.29, 1.82) is 0 Å². The van der Waals surface area contributed by atoms with Crippen molar-refractivity contribution < 1.29 is 9.63 Å². The third kappa shape index (κ3) is 2.48. The highest BCUT2D eigenvalue weighted by molar-refractivity contribution is 6.01. The van der Waals surface area contributed by atoms with E-state index in [-0.39, 0.29) is 5.91 Å². The molecule has 3 N–H and O–H groups in total. The number of rotatable bonds is 3. The van der Waals surface area contributed by atoms with Gasteiger partial charge in [-0.2, -0.15) is 0 Å². The molecule has 20 heavy (non-hydrogen) atoms. The van der Waals surface area contributed by atoms with E-state index in [0.29, 0.717) is 11.4 Å². The van der Waals surface area contributed by atoms with Crippen LogP contribution in [0.15, 0.2) is 66.7 Å². The third-order valence-electron chi connectivity index (χ3n) is 2.93. The second-order valence-electron chi connectivity index (χ2n) is 4.24. The van der Waals surface area contributed by atoms with Gasteiger partial charge in [0.25, 0.3) is 5.91 Å². The van der Waals surface area contributed by atoms with Crippen molar-refractivity contribution in [1.82, 2.24) is 16.3 Å². The molecule has 0 fully saturated rings. The molecule has 1 aliphatic rings. The molecule has 2 aromatic rings. The largest absolute Gasteiger partial charge is 0.393 e. The fourth-order valence-electron chi connectivity index (χ4n) is 2.00. The van der Waals surface area contributed by atoms with Gasteiger partial charge in [-0.3, -0.25) is 10.2 Å². The van der Waals surface area contributed by atoms with Crippen molar-refractivity contribution in [3.63, 3.8) is 0 Å². The molecule has 0 spiro atoms. The Morgan fingerprint density at radius 1 is 1.00 bits per heavy atom. The maximum atomic E-state index is 12.3. The van der Waals surface area contributed by atoms with Crippen LogP contribution in [0.3, 0.4) is 0 Å². The second-order valence-corrected chi connectivity index (χ2v) is 4.24. The van der Waals surface area contributed by atoms with Crippen molar-refractivity contribution in [2.24, 2.45) is 0 Å². The molecule has 0 atom stereocenters. The summed E-state index contributed by atoms with van der Waals surface area (Å²) in [6.45, 7) is 0. The lowest BCUT2D eigenvalue weighted by molar-refractivity contribution is 0.0962. The summed E-state index contributed by atoms with van der Waals surface area (Å²) in [4.78, 5) is 17.1. The van der Waals surface area contributed by atoms with Crippen molar-refractivity contribution in [2.75, 3.05) is 0 Å². The fraction of sp³-hybridized carbons (Fsp3) is 0. The number of hydrazine groups is 1. The molecule has 0 saturated carbocycles. The molecule has 1 amide bonds. The summed E-state index contributed by atoms with van der Waals surface area (Å²) >= 11 is 0. The smallest absolute Gasteiger partial charge is 0.257 e. The van der Waals surface area contributed by atoms with Crippen molar-refractivity contribution in [3.05, 3.63) is 72.2 Å². The first-order chi connectivity index (χ1) is 9.84. The Bertz CT molecular complexity index is 653. The van der Waals surface area contributed by atoms with Gasteiger partial charge in [-0.15, -0.1) is 0 Å². The lowest BCUT2D eigenvalue weighted by Gasteiger charge is -2.10. The molecule has 5 heteroatoms. The molecular formula is C15H13N3O2. The SMILES string of the molecule is O=C(NC1=CONN1)c1ccccc1-c1ccccc1. The number of hydrogen-bond donors (Lipinski definition) is 3. The van der Waals surface area contributed by atoms with Gasteiger partial charge >= 0.3 is 0 Å². The first-order valence-electron chi connectivity index (χ1n) is 6.17. The average molecular weight is 267 g/mol. The number of carbonyl (C=O) groups is 1. The molecule has 0 bridgehead atoms. The quantitative estimate of drug-likeness (QED) is 0.795. The van der Waals surface area contributed by atoms with Gasteiger partial charge in [0, 0.05) is 5.56 Å². The maximum Gasteiger partial charge on any atom is 0.257 e. The highest BCUT2D eigenvalue weighted by atomic mass is 16.7. The Morgan fingerprint density at radius 2 is 1.75 bits per heavy atom. The Kier molecular flexibility index (Phi) is 3.34. The molecule has 0 aromatic heterocycles.